The van der Waals surface area contributed by atoms with Gasteiger partial charge in [0.2, 0.25) is 11.7 Å². The van der Waals surface area contributed by atoms with Crippen LogP contribution in [0.5, 0.6) is 5.75 Å². The SMILES string of the molecule is CCc1nc(COc2cccc3ccccc23)no1. The van der Waals surface area contributed by atoms with Gasteiger partial charge in [0.15, 0.2) is 6.61 Å². The minimum atomic E-state index is 0.317. The van der Waals surface area contributed by atoms with E-state index in [1.807, 2.05) is 37.3 Å². The van der Waals surface area contributed by atoms with Crippen molar-refractivity contribution in [2.24, 2.45) is 0 Å². The van der Waals surface area contributed by atoms with Crippen LogP contribution in [0.25, 0.3) is 10.8 Å². The van der Waals surface area contributed by atoms with E-state index in [2.05, 4.69) is 22.3 Å². The van der Waals surface area contributed by atoms with Gasteiger partial charge in [0.25, 0.3) is 0 Å². The van der Waals surface area contributed by atoms with Gasteiger partial charge in [-0.2, -0.15) is 4.98 Å². The third-order valence-electron chi connectivity index (χ3n) is 2.92. The van der Waals surface area contributed by atoms with E-state index in [4.69, 9.17) is 9.26 Å². The van der Waals surface area contributed by atoms with E-state index < -0.39 is 0 Å². The van der Waals surface area contributed by atoms with Gasteiger partial charge in [-0.1, -0.05) is 48.5 Å². The maximum atomic E-state index is 5.78. The molecule has 0 N–H and O–H groups in total. The molecule has 0 bridgehead atoms. The highest BCUT2D eigenvalue weighted by atomic mass is 16.5. The lowest BCUT2D eigenvalue weighted by atomic mass is 10.1. The molecular weight excluding hydrogens is 240 g/mol. The highest BCUT2D eigenvalue weighted by Gasteiger charge is 2.06. The van der Waals surface area contributed by atoms with E-state index in [0.717, 1.165) is 22.9 Å². The summed E-state index contributed by atoms with van der Waals surface area (Å²) < 4.78 is 10.8. The quantitative estimate of drug-likeness (QED) is 0.716. The van der Waals surface area contributed by atoms with Crippen molar-refractivity contribution in [2.45, 2.75) is 20.0 Å². The Balaban J connectivity index is 1.81. The van der Waals surface area contributed by atoms with Crippen LogP contribution in [-0.4, -0.2) is 10.1 Å². The summed E-state index contributed by atoms with van der Waals surface area (Å²) in [5.74, 6) is 2.04. The summed E-state index contributed by atoms with van der Waals surface area (Å²) in [4.78, 5) is 4.22. The summed E-state index contributed by atoms with van der Waals surface area (Å²) in [7, 11) is 0. The molecule has 0 unspecified atom stereocenters. The third-order valence-corrected chi connectivity index (χ3v) is 2.92. The Morgan fingerprint density at radius 1 is 1.11 bits per heavy atom. The first-order chi connectivity index (χ1) is 9.36. The van der Waals surface area contributed by atoms with Crippen molar-refractivity contribution in [3.8, 4) is 5.75 Å². The Bertz CT molecular complexity index is 686. The van der Waals surface area contributed by atoms with Crippen molar-refractivity contribution < 1.29 is 9.26 Å². The molecule has 1 heterocycles. The van der Waals surface area contributed by atoms with Crippen molar-refractivity contribution in [3.05, 3.63) is 54.2 Å². The minimum absolute atomic E-state index is 0.317. The molecule has 0 amide bonds. The smallest absolute Gasteiger partial charge is 0.226 e. The van der Waals surface area contributed by atoms with Crippen LogP contribution >= 0.6 is 0 Å². The predicted molar refractivity (Wildman–Crippen MR) is 72.0 cm³/mol. The van der Waals surface area contributed by atoms with Gasteiger partial charge in [-0.3, -0.25) is 0 Å². The molecule has 19 heavy (non-hydrogen) atoms. The zero-order chi connectivity index (χ0) is 13.1. The lowest BCUT2D eigenvalue weighted by molar-refractivity contribution is 0.288. The average Bonchev–Trinajstić information content (AvgIpc) is 2.93. The van der Waals surface area contributed by atoms with Gasteiger partial charge in [0.05, 0.1) is 0 Å². The standard InChI is InChI=1S/C15H14N2O2/c1-2-15-16-14(17-19-15)10-18-13-9-5-7-11-6-3-4-8-12(11)13/h3-9H,2,10H2,1H3. The first kappa shape index (κ1) is 11.7. The second-order valence-corrected chi connectivity index (χ2v) is 4.22. The fourth-order valence-electron chi connectivity index (χ4n) is 1.96. The van der Waals surface area contributed by atoms with Crippen LogP contribution in [0.4, 0.5) is 0 Å². The molecule has 0 saturated heterocycles. The number of fused-ring (bicyclic) bond motifs is 1. The molecule has 0 saturated carbocycles. The van der Waals surface area contributed by atoms with Crippen LogP contribution in [0.2, 0.25) is 0 Å². The summed E-state index contributed by atoms with van der Waals surface area (Å²) in [6, 6.07) is 14.1. The fourth-order valence-corrected chi connectivity index (χ4v) is 1.96. The topological polar surface area (TPSA) is 48.2 Å². The van der Waals surface area contributed by atoms with Gasteiger partial charge >= 0.3 is 0 Å². The maximum Gasteiger partial charge on any atom is 0.226 e. The van der Waals surface area contributed by atoms with Crippen LogP contribution in [0.15, 0.2) is 47.0 Å². The minimum Gasteiger partial charge on any atom is -0.485 e. The monoisotopic (exact) mass is 254 g/mol. The van der Waals surface area contributed by atoms with E-state index in [0.29, 0.717) is 18.3 Å². The number of aromatic nitrogens is 2. The Labute approximate surface area is 111 Å². The number of rotatable bonds is 4. The van der Waals surface area contributed by atoms with E-state index in [-0.39, 0.29) is 0 Å². The number of aryl methyl sites for hydroxylation is 1. The highest BCUT2D eigenvalue weighted by molar-refractivity contribution is 5.88. The molecule has 1 aromatic heterocycles. The van der Waals surface area contributed by atoms with Gasteiger partial charge in [-0.15, -0.1) is 0 Å². The lowest BCUT2D eigenvalue weighted by Crippen LogP contribution is -1.98. The highest BCUT2D eigenvalue weighted by Crippen LogP contribution is 2.25. The average molecular weight is 254 g/mol. The van der Waals surface area contributed by atoms with Gasteiger partial charge in [-0.05, 0) is 11.5 Å². The molecular formula is C15H14N2O2. The number of hydrogen-bond acceptors (Lipinski definition) is 4. The summed E-state index contributed by atoms with van der Waals surface area (Å²) in [6.45, 7) is 2.29. The maximum absolute atomic E-state index is 5.78. The molecule has 0 fully saturated rings. The molecule has 0 spiro atoms. The molecule has 0 aliphatic carbocycles. The van der Waals surface area contributed by atoms with Crippen molar-refractivity contribution in [1.82, 2.24) is 10.1 Å². The van der Waals surface area contributed by atoms with Crippen molar-refractivity contribution in [1.29, 1.82) is 0 Å². The summed E-state index contributed by atoms with van der Waals surface area (Å²) in [5.41, 5.74) is 0. The van der Waals surface area contributed by atoms with Crippen molar-refractivity contribution in [2.75, 3.05) is 0 Å². The van der Waals surface area contributed by atoms with E-state index in [1.165, 1.54) is 0 Å². The number of benzene rings is 2. The normalized spacial score (nSPS) is 10.8. The predicted octanol–water partition coefficient (Wildman–Crippen LogP) is 3.36. The van der Waals surface area contributed by atoms with Crippen LogP contribution in [0.1, 0.15) is 18.6 Å². The van der Waals surface area contributed by atoms with Gasteiger partial charge in [0.1, 0.15) is 5.75 Å². The molecule has 4 nitrogen and oxygen atoms in total. The largest absolute Gasteiger partial charge is 0.485 e. The van der Waals surface area contributed by atoms with Crippen LogP contribution in [0.3, 0.4) is 0 Å². The third kappa shape index (κ3) is 2.42. The Morgan fingerprint density at radius 3 is 2.79 bits per heavy atom. The second-order valence-electron chi connectivity index (χ2n) is 4.22. The molecule has 0 aliphatic heterocycles. The number of hydrogen-bond donors (Lipinski definition) is 0. The summed E-state index contributed by atoms with van der Waals surface area (Å²) in [6.07, 6.45) is 0.737. The molecule has 3 aromatic rings. The van der Waals surface area contributed by atoms with E-state index in [1.54, 1.807) is 0 Å². The van der Waals surface area contributed by atoms with Crippen molar-refractivity contribution in [3.63, 3.8) is 0 Å². The Kier molecular flexibility index (Phi) is 3.14. The van der Waals surface area contributed by atoms with E-state index in [9.17, 15) is 0 Å². The van der Waals surface area contributed by atoms with Crippen LogP contribution < -0.4 is 4.74 Å². The van der Waals surface area contributed by atoms with E-state index >= 15 is 0 Å². The Hall–Kier alpha value is -2.36. The fraction of sp³-hybridized carbons (Fsp3) is 0.200. The first-order valence-corrected chi connectivity index (χ1v) is 6.29. The van der Waals surface area contributed by atoms with Crippen molar-refractivity contribution >= 4 is 10.8 Å². The van der Waals surface area contributed by atoms with Crippen LogP contribution in [-0.2, 0) is 13.0 Å². The molecule has 0 radical (unpaired) electrons. The summed E-state index contributed by atoms with van der Waals surface area (Å²) >= 11 is 0. The number of ether oxygens (including phenoxy) is 1. The molecule has 2 aromatic carbocycles. The summed E-state index contributed by atoms with van der Waals surface area (Å²) in [5, 5.41) is 6.11. The zero-order valence-electron chi connectivity index (χ0n) is 10.7. The molecule has 96 valence electrons. The van der Waals surface area contributed by atoms with Gasteiger partial charge in [-0.25, -0.2) is 0 Å². The molecule has 3 rings (SSSR count). The molecule has 0 aliphatic rings. The first-order valence-electron chi connectivity index (χ1n) is 6.29. The van der Waals surface area contributed by atoms with Gasteiger partial charge < -0.3 is 9.26 Å². The second kappa shape index (κ2) is 5.10. The lowest BCUT2D eigenvalue weighted by Gasteiger charge is -2.06. The number of nitrogens with zero attached hydrogens (tertiary/aromatic N) is 2. The van der Waals surface area contributed by atoms with Gasteiger partial charge in [0, 0.05) is 11.8 Å². The molecule has 4 heteroatoms. The molecule has 0 atom stereocenters. The van der Waals surface area contributed by atoms with Crippen LogP contribution in [0, 0.1) is 0 Å². The Morgan fingerprint density at radius 2 is 1.95 bits per heavy atom. The zero-order valence-corrected chi connectivity index (χ0v) is 10.7.